The lowest BCUT2D eigenvalue weighted by Gasteiger charge is -2.24. The van der Waals surface area contributed by atoms with Crippen LogP contribution in [0.2, 0.25) is 0 Å². The Hall–Kier alpha value is -2.22. The van der Waals surface area contributed by atoms with Crippen LogP contribution in [-0.2, 0) is 12.8 Å². The number of methoxy groups -OCH3 is 2. The molecule has 0 amide bonds. The molecule has 25 heavy (non-hydrogen) atoms. The van der Waals surface area contributed by atoms with Crippen LogP contribution in [-0.4, -0.2) is 14.2 Å². The van der Waals surface area contributed by atoms with E-state index in [-0.39, 0.29) is 0 Å². The minimum absolute atomic E-state index is 0.391. The first kappa shape index (κ1) is 17.6. The van der Waals surface area contributed by atoms with Crippen LogP contribution in [0.15, 0.2) is 54.1 Å². The molecule has 0 radical (unpaired) electrons. The lowest BCUT2D eigenvalue weighted by atomic mass is 9.84. The predicted molar refractivity (Wildman–Crippen MR) is 104 cm³/mol. The third kappa shape index (κ3) is 4.25. The average Bonchev–Trinajstić information content (AvgIpc) is 2.66. The second-order valence-corrected chi connectivity index (χ2v) is 6.91. The molecule has 3 rings (SSSR count). The quantitative estimate of drug-likeness (QED) is 0.630. The SMILES string of the molecule is COc1cc(CCc2ccccc2)cc(OC)c1[C@@H]1C=C(C)CCC1. The highest BCUT2D eigenvalue weighted by Crippen LogP contribution is 2.42. The molecule has 2 nitrogen and oxygen atoms in total. The molecular weight excluding hydrogens is 308 g/mol. The molecule has 0 saturated carbocycles. The van der Waals surface area contributed by atoms with Gasteiger partial charge in [-0.1, -0.05) is 42.0 Å². The fourth-order valence-electron chi connectivity index (χ4n) is 3.77. The highest BCUT2D eigenvalue weighted by atomic mass is 16.5. The van der Waals surface area contributed by atoms with Gasteiger partial charge >= 0.3 is 0 Å². The highest BCUT2D eigenvalue weighted by molar-refractivity contribution is 5.52. The molecule has 1 aliphatic carbocycles. The van der Waals surface area contributed by atoms with Crippen LogP contribution in [0.4, 0.5) is 0 Å². The lowest BCUT2D eigenvalue weighted by molar-refractivity contribution is 0.378. The Bertz CT molecular complexity index is 706. The van der Waals surface area contributed by atoms with Gasteiger partial charge < -0.3 is 9.47 Å². The summed E-state index contributed by atoms with van der Waals surface area (Å²) in [6.45, 7) is 2.22. The number of hydrogen-bond acceptors (Lipinski definition) is 2. The number of benzene rings is 2. The Balaban J connectivity index is 1.88. The van der Waals surface area contributed by atoms with E-state index in [0.29, 0.717) is 5.92 Å². The first-order valence-corrected chi connectivity index (χ1v) is 9.17. The number of rotatable bonds is 6. The van der Waals surface area contributed by atoms with Crippen molar-refractivity contribution in [3.63, 3.8) is 0 Å². The molecule has 0 bridgehead atoms. The van der Waals surface area contributed by atoms with Gasteiger partial charge in [0.05, 0.1) is 14.2 Å². The Morgan fingerprint density at radius 3 is 2.16 bits per heavy atom. The van der Waals surface area contributed by atoms with Gasteiger partial charge in [-0.3, -0.25) is 0 Å². The van der Waals surface area contributed by atoms with Crippen molar-refractivity contribution < 1.29 is 9.47 Å². The summed E-state index contributed by atoms with van der Waals surface area (Å²) < 4.78 is 11.5. The third-order valence-electron chi connectivity index (χ3n) is 5.09. The van der Waals surface area contributed by atoms with Gasteiger partial charge in [-0.2, -0.15) is 0 Å². The number of allylic oxidation sites excluding steroid dienone is 2. The van der Waals surface area contributed by atoms with Crippen molar-refractivity contribution >= 4 is 0 Å². The summed E-state index contributed by atoms with van der Waals surface area (Å²) in [5.74, 6) is 2.30. The normalized spacial score (nSPS) is 17.1. The molecule has 0 aromatic heterocycles. The van der Waals surface area contributed by atoms with Crippen LogP contribution >= 0.6 is 0 Å². The van der Waals surface area contributed by atoms with Crippen molar-refractivity contribution in [2.45, 2.75) is 44.9 Å². The number of ether oxygens (including phenoxy) is 2. The standard InChI is InChI=1S/C23H28O2/c1-17-8-7-11-20(14-17)23-21(24-2)15-19(16-22(23)25-3)13-12-18-9-5-4-6-10-18/h4-6,9-10,14-16,20H,7-8,11-13H2,1-3H3/t20-/m0/s1. The van der Waals surface area contributed by atoms with Crippen LogP contribution < -0.4 is 9.47 Å². The smallest absolute Gasteiger partial charge is 0.126 e. The van der Waals surface area contributed by atoms with E-state index in [4.69, 9.17) is 9.47 Å². The second-order valence-electron chi connectivity index (χ2n) is 6.91. The van der Waals surface area contributed by atoms with Crippen molar-refractivity contribution in [1.82, 2.24) is 0 Å². The van der Waals surface area contributed by atoms with Crippen LogP contribution in [0.3, 0.4) is 0 Å². The summed E-state index contributed by atoms with van der Waals surface area (Å²) >= 11 is 0. The topological polar surface area (TPSA) is 18.5 Å². The van der Waals surface area contributed by atoms with Crippen LogP contribution in [0.1, 0.15) is 48.8 Å². The van der Waals surface area contributed by atoms with E-state index >= 15 is 0 Å². The monoisotopic (exact) mass is 336 g/mol. The third-order valence-corrected chi connectivity index (χ3v) is 5.09. The van der Waals surface area contributed by atoms with Gasteiger partial charge in [0, 0.05) is 11.5 Å². The second kappa shape index (κ2) is 8.24. The fourth-order valence-corrected chi connectivity index (χ4v) is 3.77. The van der Waals surface area contributed by atoms with Crippen molar-refractivity contribution in [2.75, 3.05) is 14.2 Å². The maximum Gasteiger partial charge on any atom is 0.126 e. The van der Waals surface area contributed by atoms with Crippen molar-refractivity contribution in [3.05, 3.63) is 70.8 Å². The minimum Gasteiger partial charge on any atom is -0.496 e. The van der Waals surface area contributed by atoms with E-state index in [0.717, 1.165) is 30.8 Å². The van der Waals surface area contributed by atoms with E-state index in [1.165, 1.54) is 35.1 Å². The zero-order valence-electron chi connectivity index (χ0n) is 15.5. The molecule has 0 heterocycles. The maximum atomic E-state index is 5.76. The van der Waals surface area contributed by atoms with Gasteiger partial charge in [0.15, 0.2) is 0 Å². The molecule has 0 aliphatic heterocycles. The predicted octanol–water partition coefficient (Wildman–Crippen LogP) is 5.70. The van der Waals surface area contributed by atoms with Gasteiger partial charge in [-0.05, 0) is 62.3 Å². The van der Waals surface area contributed by atoms with E-state index in [1.54, 1.807) is 14.2 Å². The summed E-state index contributed by atoms with van der Waals surface area (Å²) in [5, 5.41) is 0. The molecule has 0 fully saturated rings. The van der Waals surface area contributed by atoms with Crippen LogP contribution in [0, 0.1) is 0 Å². The summed E-state index contributed by atoms with van der Waals surface area (Å²) in [6.07, 6.45) is 7.98. The summed E-state index contributed by atoms with van der Waals surface area (Å²) in [7, 11) is 3.53. The number of hydrogen-bond donors (Lipinski definition) is 0. The van der Waals surface area contributed by atoms with Gasteiger partial charge in [-0.15, -0.1) is 0 Å². The summed E-state index contributed by atoms with van der Waals surface area (Å²) in [4.78, 5) is 0. The molecule has 1 aliphatic rings. The lowest BCUT2D eigenvalue weighted by Crippen LogP contribution is -2.07. The molecular formula is C23H28O2. The molecule has 0 saturated heterocycles. The summed E-state index contributed by atoms with van der Waals surface area (Å²) in [5.41, 5.74) is 5.29. The summed E-state index contributed by atoms with van der Waals surface area (Å²) in [6, 6.07) is 15.0. The fraction of sp³-hybridized carbons (Fsp3) is 0.391. The first-order chi connectivity index (χ1) is 12.2. The van der Waals surface area contributed by atoms with E-state index in [2.05, 4.69) is 55.5 Å². The Morgan fingerprint density at radius 2 is 1.56 bits per heavy atom. The van der Waals surface area contributed by atoms with Crippen molar-refractivity contribution in [1.29, 1.82) is 0 Å². The average molecular weight is 336 g/mol. The highest BCUT2D eigenvalue weighted by Gasteiger charge is 2.22. The molecule has 0 spiro atoms. The molecule has 2 heteroatoms. The van der Waals surface area contributed by atoms with Gasteiger partial charge in [0.25, 0.3) is 0 Å². The largest absolute Gasteiger partial charge is 0.496 e. The zero-order chi connectivity index (χ0) is 17.6. The van der Waals surface area contributed by atoms with Crippen molar-refractivity contribution in [2.24, 2.45) is 0 Å². The minimum atomic E-state index is 0.391. The van der Waals surface area contributed by atoms with E-state index in [1.807, 2.05) is 0 Å². The van der Waals surface area contributed by atoms with E-state index in [9.17, 15) is 0 Å². The zero-order valence-corrected chi connectivity index (χ0v) is 15.5. The van der Waals surface area contributed by atoms with Crippen LogP contribution in [0.5, 0.6) is 11.5 Å². The Morgan fingerprint density at radius 1 is 0.920 bits per heavy atom. The number of aryl methyl sites for hydroxylation is 2. The Labute approximate surface area is 151 Å². The molecule has 2 aromatic carbocycles. The molecule has 0 unspecified atom stereocenters. The maximum absolute atomic E-state index is 5.76. The van der Waals surface area contributed by atoms with Crippen molar-refractivity contribution in [3.8, 4) is 11.5 Å². The van der Waals surface area contributed by atoms with Gasteiger partial charge in [0.2, 0.25) is 0 Å². The molecule has 1 atom stereocenters. The first-order valence-electron chi connectivity index (χ1n) is 9.17. The van der Waals surface area contributed by atoms with Gasteiger partial charge in [-0.25, -0.2) is 0 Å². The molecule has 2 aromatic rings. The molecule has 132 valence electrons. The molecule has 0 N–H and O–H groups in total. The van der Waals surface area contributed by atoms with E-state index < -0.39 is 0 Å². The van der Waals surface area contributed by atoms with Gasteiger partial charge in [0.1, 0.15) is 11.5 Å². The van der Waals surface area contributed by atoms with Crippen LogP contribution in [0.25, 0.3) is 0 Å². The Kier molecular flexibility index (Phi) is 5.80.